The van der Waals surface area contributed by atoms with Crippen LogP contribution < -0.4 is 26.5 Å². The molecule has 0 heterocycles. The molecule has 34 heavy (non-hydrogen) atoms. The molecule has 2 amide bonds. The molecule has 0 bridgehead atoms. The van der Waals surface area contributed by atoms with E-state index in [1.165, 1.54) is 24.3 Å². The summed E-state index contributed by atoms with van der Waals surface area (Å²) in [4.78, 5) is 26.8. The lowest BCUT2D eigenvalue weighted by Gasteiger charge is -2.12. The highest BCUT2D eigenvalue weighted by atomic mass is 32.2. The van der Waals surface area contributed by atoms with Crippen molar-refractivity contribution in [3.8, 4) is 0 Å². The molecule has 7 N–H and O–H groups in total. The van der Waals surface area contributed by atoms with Crippen molar-refractivity contribution in [3.05, 3.63) is 54.1 Å². The predicted octanol–water partition coefficient (Wildman–Crippen LogP) is 1.06. The number of carbonyl (C=O) groups is 2. The van der Waals surface area contributed by atoms with Gasteiger partial charge >= 0.3 is 5.91 Å². The van der Waals surface area contributed by atoms with Gasteiger partial charge in [-0.25, -0.2) is 18.2 Å². The van der Waals surface area contributed by atoms with E-state index in [-0.39, 0.29) is 28.0 Å². The average molecular weight is 487 g/mol. The Kier molecular flexibility index (Phi) is 8.06. The van der Waals surface area contributed by atoms with Gasteiger partial charge in [-0.2, -0.15) is 0 Å². The van der Waals surface area contributed by atoms with Crippen LogP contribution in [0.2, 0.25) is 0 Å². The Bertz CT molecular complexity index is 1150. The summed E-state index contributed by atoms with van der Waals surface area (Å²) in [6, 6.07) is 12.4. The van der Waals surface area contributed by atoms with E-state index in [1.54, 1.807) is 24.3 Å². The number of rotatable bonds is 11. The molecule has 0 radical (unpaired) electrons. The van der Waals surface area contributed by atoms with Gasteiger partial charge in [0.2, 0.25) is 5.91 Å². The molecule has 1 aliphatic carbocycles. The van der Waals surface area contributed by atoms with Crippen molar-refractivity contribution in [1.29, 1.82) is 0 Å². The number of anilines is 2. The highest BCUT2D eigenvalue weighted by Crippen LogP contribution is 2.45. The largest absolute Gasteiger partial charge is 0.330 e. The van der Waals surface area contributed by atoms with Crippen molar-refractivity contribution in [2.24, 2.45) is 16.9 Å². The van der Waals surface area contributed by atoms with E-state index in [1.807, 2.05) is 6.92 Å². The van der Waals surface area contributed by atoms with E-state index in [2.05, 4.69) is 15.0 Å². The average Bonchev–Trinajstić information content (AvgIpc) is 3.56. The number of hydrogen-bond donors (Lipinski definition) is 5. The lowest BCUT2D eigenvalue weighted by Crippen LogP contribution is -2.79. The third-order valence-corrected chi connectivity index (χ3v) is 7.20. The topological polar surface area (TPSA) is 158 Å². The third-order valence-electron chi connectivity index (χ3n) is 5.80. The van der Waals surface area contributed by atoms with Gasteiger partial charge in [0, 0.05) is 23.2 Å². The fraction of sp³-hybridized carbons (Fsp3) is 0.375. The molecule has 2 aromatic rings. The van der Waals surface area contributed by atoms with E-state index in [9.17, 15) is 18.0 Å². The van der Waals surface area contributed by atoms with E-state index >= 15 is 0 Å². The predicted molar refractivity (Wildman–Crippen MR) is 131 cm³/mol. The summed E-state index contributed by atoms with van der Waals surface area (Å²) in [5.74, 6) is -0.0584. The third kappa shape index (κ3) is 6.88. The molecular formula is C24H32N5O4S+. The van der Waals surface area contributed by atoms with Crippen molar-refractivity contribution in [2.75, 3.05) is 16.6 Å². The van der Waals surface area contributed by atoms with Crippen LogP contribution in [0.25, 0.3) is 0 Å². The number of hydrogen-bond acceptors (Lipinski definition) is 5. The lowest BCUT2D eigenvalue weighted by molar-refractivity contribution is -0.378. The van der Waals surface area contributed by atoms with Gasteiger partial charge < -0.3 is 11.1 Å². The fourth-order valence-electron chi connectivity index (χ4n) is 3.24. The normalized spacial score (nSPS) is 14.9. The second-order valence-corrected chi connectivity index (χ2v) is 10.5. The molecule has 1 saturated carbocycles. The summed E-state index contributed by atoms with van der Waals surface area (Å²) in [6.45, 7) is 2.52. The van der Waals surface area contributed by atoms with Gasteiger partial charge in [0.15, 0.2) is 0 Å². The molecule has 1 aliphatic rings. The molecule has 3 rings (SSSR count). The Balaban J connectivity index is 1.59. The van der Waals surface area contributed by atoms with Crippen molar-refractivity contribution in [3.63, 3.8) is 0 Å². The van der Waals surface area contributed by atoms with Crippen LogP contribution in [-0.4, -0.2) is 32.6 Å². The number of nitrogens with one attached hydrogen (secondary N) is 3. The molecule has 0 spiro atoms. The van der Waals surface area contributed by atoms with Gasteiger partial charge in [0.05, 0.1) is 10.5 Å². The van der Waals surface area contributed by atoms with Crippen LogP contribution in [0.4, 0.5) is 11.4 Å². The van der Waals surface area contributed by atoms with E-state index < -0.39 is 10.0 Å². The molecule has 0 atom stereocenters. The molecule has 2 aromatic carbocycles. The van der Waals surface area contributed by atoms with Gasteiger partial charge in [-0.15, -0.1) is 0 Å². The molecule has 1 fully saturated rings. The second kappa shape index (κ2) is 10.8. The zero-order valence-corrected chi connectivity index (χ0v) is 20.1. The first-order valence-electron chi connectivity index (χ1n) is 11.3. The zero-order chi connectivity index (χ0) is 24.8. The van der Waals surface area contributed by atoms with Crippen LogP contribution in [-0.2, 0) is 19.6 Å². The summed E-state index contributed by atoms with van der Waals surface area (Å²) in [7, 11) is -3.83. The summed E-state index contributed by atoms with van der Waals surface area (Å²) >= 11 is 0. The molecule has 10 heteroatoms. The first-order valence-corrected chi connectivity index (χ1v) is 12.8. The number of unbranched alkanes of at least 4 members (excludes halogenated alkanes) is 2. The molecule has 9 nitrogen and oxygen atoms in total. The maximum absolute atomic E-state index is 12.7. The van der Waals surface area contributed by atoms with Crippen molar-refractivity contribution in [2.45, 2.75) is 50.3 Å². The summed E-state index contributed by atoms with van der Waals surface area (Å²) in [5.41, 5.74) is 12.6. The van der Waals surface area contributed by atoms with Crippen LogP contribution in [0.1, 0.15) is 51.0 Å². The number of nitrogen functional groups attached to an aromatic ring is 1. The maximum Gasteiger partial charge on any atom is 0.307 e. The summed E-state index contributed by atoms with van der Waals surface area (Å²) < 4.78 is 28.0. The lowest BCUT2D eigenvalue weighted by atomic mass is 10.1. The van der Waals surface area contributed by atoms with Gasteiger partial charge in [0.25, 0.3) is 15.9 Å². The van der Waals surface area contributed by atoms with Crippen LogP contribution in [0.3, 0.4) is 0 Å². The number of benzene rings is 2. The summed E-state index contributed by atoms with van der Waals surface area (Å²) in [6.07, 6.45) is 4.57. The quantitative estimate of drug-likeness (QED) is 0.181. The Morgan fingerprint density at radius 1 is 0.971 bits per heavy atom. The minimum atomic E-state index is -3.83. The monoisotopic (exact) mass is 486 g/mol. The number of amidine groups is 1. The van der Waals surface area contributed by atoms with Crippen LogP contribution in [0, 0.1) is 5.41 Å². The first-order chi connectivity index (χ1) is 16.1. The van der Waals surface area contributed by atoms with Crippen molar-refractivity contribution < 1.29 is 23.0 Å². The van der Waals surface area contributed by atoms with Gasteiger partial charge in [-0.3, -0.25) is 15.3 Å². The SMILES string of the molecule is CC1(C(=O)Nc2ccc(NS(=O)(=O)c3ccc(C(N)=[NH+]C(=O)CCCCCN)cc3)cc2)CC1. The fourth-order valence-corrected chi connectivity index (χ4v) is 4.30. The highest BCUT2D eigenvalue weighted by molar-refractivity contribution is 7.92. The second-order valence-electron chi connectivity index (χ2n) is 8.78. The van der Waals surface area contributed by atoms with Gasteiger partial charge in [-0.1, -0.05) is 13.3 Å². The molecule has 182 valence electrons. The maximum atomic E-state index is 12.7. The molecule has 0 saturated heterocycles. The summed E-state index contributed by atoms with van der Waals surface area (Å²) in [5, 5.41) is 2.85. The number of carbonyl (C=O) groups excluding carboxylic acids is 2. The highest BCUT2D eigenvalue weighted by Gasteiger charge is 2.44. The molecule has 0 aliphatic heterocycles. The van der Waals surface area contributed by atoms with Crippen LogP contribution >= 0.6 is 0 Å². The van der Waals surface area contributed by atoms with Crippen LogP contribution in [0.15, 0.2) is 53.4 Å². The van der Waals surface area contributed by atoms with Gasteiger partial charge in [-0.05, 0) is 80.8 Å². The van der Waals surface area contributed by atoms with Crippen LogP contribution in [0.5, 0.6) is 0 Å². The Labute approximate surface area is 200 Å². The van der Waals surface area contributed by atoms with E-state index in [4.69, 9.17) is 11.5 Å². The number of sulfonamides is 1. The minimum Gasteiger partial charge on any atom is -0.330 e. The van der Waals surface area contributed by atoms with Crippen molar-refractivity contribution in [1.82, 2.24) is 0 Å². The Hall–Kier alpha value is -3.24. The Morgan fingerprint density at radius 2 is 1.59 bits per heavy atom. The number of nitrogens with two attached hydrogens (primary N) is 2. The van der Waals surface area contributed by atoms with Crippen molar-refractivity contribution >= 4 is 39.0 Å². The molecular weight excluding hydrogens is 454 g/mol. The van der Waals surface area contributed by atoms with E-state index in [0.29, 0.717) is 29.9 Å². The zero-order valence-electron chi connectivity index (χ0n) is 19.3. The van der Waals surface area contributed by atoms with E-state index in [0.717, 1.165) is 32.1 Å². The molecule has 0 unspecified atom stereocenters. The Morgan fingerprint density at radius 3 is 2.18 bits per heavy atom. The molecule has 0 aromatic heterocycles. The minimum absolute atomic E-state index is 0.0280. The van der Waals surface area contributed by atoms with Gasteiger partial charge in [0.1, 0.15) is 0 Å². The number of amides is 2. The standard InChI is InChI=1S/C24H31N5O4S/c1-24(14-15-24)23(31)27-18-8-10-19(11-9-18)29-34(32,33)20-12-6-17(7-13-20)22(26)28-21(30)5-3-2-4-16-25/h6-13,29H,2-5,14-16,25H2,1H3,(H,27,31)(H2,26,28,30)/p+1. The first kappa shape index (κ1) is 25.4. The smallest absolute Gasteiger partial charge is 0.307 e.